The van der Waals surface area contributed by atoms with Gasteiger partial charge < -0.3 is 10.5 Å². The van der Waals surface area contributed by atoms with Crippen LogP contribution in [0, 0.1) is 11.6 Å². The largest absolute Gasteiger partial charge is 0.493 e. The van der Waals surface area contributed by atoms with Gasteiger partial charge in [0.25, 0.3) is 0 Å². The Kier molecular flexibility index (Phi) is 6.02. The normalized spacial score (nSPS) is 10.6. The molecule has 0 spiro atoms. The van der Waals surface area contributed by atoms with Crippen LogP contribution in [0.2, 0.25) is 0 Å². The van der Waals surface area contributed by atoms with E-state index in [1.54, 1.807) is 0 Å². The van der Waals surface area contributed by atoms with Crippen molar-refractivity contribution in [1.29, 1.82) is 0 Å². The molecule has 0 unspecified atom stereocenters. The number of rotatable bonds is 7. The fourth-order valence-corrected chi connectivity index (χ4v) is 2.57. The lowest BCUT2D eigenvalue weighted by molar-refractivity contribution is 0.344. The lowest BCUT2D eigenvalue weighted by Gasteiger charge is -2.07. The highest BCUT2D eigenvalue weighted by Crippen LogP contribution is 2.22. The number of ether oxygens (including phenoxy) is 1. The molecule has 2 rings (SSSR count). The Hall–Kier alpha value is -1.59. The minimum atomic E-state index is -0.564. The van der Waals surface area contributed by atoms with Gasteiger partial charge in [-0.05, 0) is 42.8 Å². The maximum Gasteiger partial charge on any atom is 0.139 e. The third kappa shape index (κ3) is 5.02. The Bertz CT molecular complexity index is 575. The van der Waals surface area contributed by atoms with Gasteiger partial charge in [0.1, 0.15) is 17.4 Å². The fourth-order valence-electron chi connectivity index (χ4n) is 1.82. The molecular weight excluding hydrogens is 292 g/mol. The van der Waals surface area contributed by atoms with Crippen molar-refractivity contribution in [2.45, 2.75) is 11.3 Å². The van der Waals surface area contributed by atoms with Crippen LogP contribution in [0.3, 0.4) is 0 Å². The molecule has 0 fully saturated rings. The van der Waals surface area contributed by atoms with Gasteiger partial charge in [-0.2, -0.15) is 0 Å². The fraction of sp³-hybridized carbons (Fsp3) is 0.250. The molecule has 5 heteroatoms. The standard InChI is InChI=1S/C16H17F2NOS/c17-13-3-6-16(15(18)11-13)21-10-9-20-14-4-1-12(2-5-14)7-8-19/h1-6,11H,7-10,19H2. The Morgan fingerprint density at radius 1 is 1.05 bits per heavy atom. The molecule has 0 amide bonds. The number of nitrogens with two attached hydrogens (primary N) is 1. The second-order valence-electron chi connectivity index (χ2n) is 4.45. The van der Waals surface area contributed by atoms with Gasteiger partial charge in [-0.1, -0.05) is 12.1 Å². The molecule has 0 bridgehead atoms. The van der Waals surface area contributed by atoms with Crippen LogP contribution in [-0.4, -0.2) is 18.9 Å². The van der Waals surface area contributed by atoms with Crippen LogP contribution in [0.25, 0.3) is 0 Å². The summed E-state index contributed by atoms with van der Waals surface area (Å²) in [7, 11) is 0. The van der Waals surface area contributed by atoms with Gasteiger partial charge in [-0.15, -0.1) is 11.8 Å². The first kappa shape index (κ1) is 15.8. The molecule has 0 heterocycles. The van der Waals surface area contributed by atoms with Crippen LogP contribution in [0.4, 0.5) is 8.78 Å². The minimum Gasteiger partial charge on any atom is -0.493 e. The first-order chi connectivity index (χ1) is 10.2. The molecule has 0 aromatic heterocycles. The lowest BCUT2D eigenvalue weighted by Crippen LogP contribution is -2.03. The first-order valence-corrected chi connectivity index (χ1v) is 7.67. The summed E-state index contributed by atoms with van der Waals surface area (Å²) in [4.78, 5) is 0.429. The maximum atomic E-state index is 13.4. The van der Waals surface area contributed by atoms with Crippen molar-refractivity contribution in [1.82, 2.24) is 0 Å². The topological polar surface area (TPSA) is 35.2 Å². The zero-order valence-electron chi connectivity index (χ0n) is 11.5. The van der Waals surface area contributed by atoms with Crippen molar-refractivity contribution in [2.24, 2.45) is 5.73 Å². The van der Waals surface area contributed by atoms with Gasteiger partial charge >= 0.3 is 0 Å². The van der Waals surface area contributed by atoms with Gasteiger partial charge in [0.15, 0.2) is 0 Å². The van der Waals surface area contributed by atoms with E-state index in [0.29, 0.717) is 23.8 Å². The third-order valence-electron chi connectivity index (χ3n) is 2.86. The van der Waals surface area contributed by atoms with E-state index in [9.17, 15) is 8.78 Å². The first-order valence-electron chi connectivity index (χ1n) is 6.68. The molecule has 2 aromatic carbocycles. The Labute approximate surface area is 127 Å². The molecule has 0 aliphatic carbocycles. The van der Waals surface area contributed by atoms with Crippen molar-refractivity contribution < 1.29 is 13.5 Å². The zero-order chi connectivity index (χ0) is 15.1. The van der Waals surface area contributed by atoms with E-state index in [-0.39, 0.29) is 0 Å². The number of hydrogen-bond donors (Lipinski definition) is 1. The van der Waals surface area contributed by atoms with Gasteiger partial charge in [0, 0.05) is 16.7 Å². The number of hydrogen-bond acceptors (Lipinski definition) is 3. The molecule has 21 heavy (non-hydrogen) atoms. The molecule has 0 saturated carbocycles. The van der Waals surface area contributed by atoms with Crippen LogP contribution in [0.5, 0.6) is 5.75 Å². The monoisotopic (exact) mass is 309 g/mol. The average molecular weight is 309 g/mol. The van der Waals surface area contributed by atoms with E-state index < -0.39 is 11.6 Å². The van der Waals surface area contributed by atoms with E-state index in [0.717, 1.165) is 18.2 Å². The Morgan fingerprint density at radius 3 is 2.48 bits per heavy atom. The van der Waals surface area contributed by atoms with Gasteiger partial charge in [0.05, 0.1) is 6.61 Å². The van der Waals surface area contributed by atoms with Gasteiger partial charge in [0.2, 0.25) is 0 Å². The molecular formula is C16H17F2NOS. The predicted molar refractivity (Wildman–Crippen MR) is 81.8 cm³/mol. The summed E-state index contributed by atoms with van der Waals surface area (Å²) in [5.74, 6) is 0.264. The van der Waals surface area contributed by atoms with E-state index in [1.807, 2.05) is 24.3 Å². The van der Waals surface area contributed by atoms with Crippen molar-refractivity contribution >= 4 is 11.8 Å². The predicted octanol–water partition coefficient (Wildman–Crippen LogP) is 3.64. The summed E-state index contributed by atoms with van der Waals surface area (Å²) >= 11 is 1.30. The van der Waals surface area contributed by atoms with E-state index >= 15 is 0 Å². The Balaban J connectivity index is 1.76. The summed E-state index contributed by atoms with van der Waals surface area (Å²) in [6, 6.07) is 11.3. The maximum absolute atomic E-state index is 13.4. The molecule has 0 saturated heterocycles. The summed E-state index contributed by atoms with van der Waals surface area (Å²) < 4.78 is 31.7. The summed E-state index contributed by atoms with van der Waals surface area (Å²) in [5.41, 5.74) is 6.66. The Morgan fingerprint density at radius 2 is 1.81 bits per heavy atom. The molecule has 2 aromatic rings. The lowest BCUT2D eigenvalue weighted by atomic mass is 10.1. The summed E-state index contributed by atoms with van der Waals surface area (Å²) in [6.07, 6.45) is 0.847. The van der Waals surface area contributed by atoms with Crippen molar-refractivity contribution in [3.8, 4) is 5.75 Å². The second-order valence-corrected chi connectivity index (χ2v) is 5.59. The number of thioether (sulfide) groups is 1. The summed E-state index contributed by atoms with van der Waals surface area (Å²) in [6.45, 7) is 1.08. The second kappa shape index (κ2) is 8.00. The molecule has 0 radical (unpaired) electrons. The van der Waals surface area contributed by atoms with Gasteiger partial charge in [-0.3, -0.25) is 0 Å². The molecule has 0 atom stereocenters. The third-order valence-corrected chi connectivity index (χ3v) is 3.87. The van der Waals surface area contributed by atoms with Crippen molar-refractivity contribution in [2.75, 3.05) is 18.9 Å². The average Bonchev–Trinajstić information content (AvgIpc) is 2.47. The SMILES string of the molecule is NCCc1ccc(OCCSc2ccc(F)cc2F)cc1. The van der Waals surface area contributed by atoms with Crippen LogP contribution in [0.15, 0.2) is 47.4 Å². The van der Waals surface area contributed by atoms with Crippen LogP contribution in [-0.2, 0) is 6.42 Å². The molecule has 2 N–H and O–H groups in total. The number of benzene rings is 2. The van der Waals surface area contributed by atoms with Crippen molar-refractivity contribution in [3.63, 3.8) is 0 Å². The number of halogens is 2. The van der Waals surface area contributed by atoms with E-state index in [1.165, 1.54) is 29.5 Å². The van der Waals surface area contributed by atoms with E-state index in [2.05, 4.69) is 0 Å². The smallest absolute Gasteiger partial charge is 0.139 e. The highest BCUT2D eigenvalue weighted by molar-refractivity contribution is 7.99. The van der Waals surface area contributed by atoms with E-state index in [4.69, 9.17) is 10.5 Å². The molecule has 0 aliphatic rings. The highest BCUT2D eigenvalue weighted by Gasteiger charge is 2.04. The molecule has 112 valence electrons. The minimum absolute atomic E-state index is 0.429. The van der Waals surface area contributed by atoms with Crippen LogP contribution < -0.4 is 10.5 Å². The van der Waals surface area contributed by atoms with Crippen LogP contribution >= 0.6 is 11.8 Å². The van der Waals surface area contributed by atoms with Crippen LogP contribution in [0.1, 0.15) is 5.56 Å². The van der Waals surface area contributed by atoms with Crippen molar-refractivity contribution in [3.05, 3.63) is 59.7 Å². The highest BCUT2D eigenvalue weighted by atomic mass is 32.2. The molecule has 2 nitrogen and oxygen atoms in total. The van der Waals surface area contributed by atoms with Gasteiger partial charge in [-0.25, -0.2) is 8.78 Å². The quantitative estimate of drug-likeness (QED) is 0.626. The summed E-state index contributed by atoms with van der Waals surface area (Å²) in [5, 5.41) is 0. The molecule has 0 aliphatic heterocycles. The zero-order valence-corrected chi connectivity index (χ0v) is 12.3.